The molecule has 1 aliphatic carbocycles. The third kappa shape index (κ3) is 3.02. The fourth-order valence-electron chi connectivity index (χ4n) is 1.65. The van der Waals surface area contributed by atoms with E-state index in [1.165, 1.54) is 25.7 Å². The van der Waals surface area contributed by atoms with Gasteiger partial charge in [0.05, 0.1) is 6.54 Å². The number of rotatable bonds is 3. The Morgan fingerprint density at radius 2 is 2.00 bits per heavy atom. The lowest BCUT2D eigenvalue weighted by molar-refractivity contribution is 0.314. The number of carbonyl (C=O) groups excluding carboxylic acids is 1. The second-order valence-corrected chi connectivity index (χ2v) is 3.48. The Morgan fingerprint density at radius 1 is 1.36 bits per heavy atom. The summed E-state index contributed by atoms with van der Waals surface area (Å²) in [6.07, 6.45) is 6.92. The van der Waals surface area contributed by atoms with Gasteiger partial charge >= 0.3 is 0 Å². The highest BCUT2D eigenvalue weighted by atomic mass is 16.1. The van der Waals surface area contributed by atoms with Crippen LogP contribution in [0.25, 0.3) is 0 Å². The number of hydrogen-bond donors (Lipinski definition) is 1. The molecule has 1 N–H and O–H groups in total. The van der Waals surface area contributed by atoms with Gasteiger partial charge in [0, 0.05) is 6.04 Å². The second-order valence-electron chi connectivity index (χ2n) is 3.48. The molecule has 1 radical (unpaired) electrons. The van der Waals surface area contributed by atoms with Gasteiger partial charge in [-0.15, -0.1) is 0 Å². The molecule has 0 unspecified atom stereocenters. The summed E-state index contributed by atoms with van der Waals surface area (Å²) in [6, 6.07) is 0.577. The van der Waals surface area contributed by atoms with E-state index >= 15 is 0 Å². The smallest absolute Gasteiger partial charge is 0.213 e. The van der Waals surface area contributed by atoms with Crippen LogP contribution >= 0.6 is 0 Å². The topological polar surface area (TPSA) is 29.1 Å². The van der Waals surface area contributed by atoms with E-state index < -0.39 is 0 Å². The third-order valence-electron chi connectivity index (χ3n) is 2.48. The van der Waals surface area contributed by atoms with Crippen molar-refractivity contribution in [3.05, 3.63) is 0 Å². The number of nitrogens with one attached hydrogen (secondary N) is 1. The van der Waals surface area contributed by atoms with Crippen molar-refractivity contribution in [3.63, 3.8) is 0 Å². The first-order chi connectivity index (χ1) is 5.33. The van der Waals surface area contributed by atoms with Gasteiger partial charge in [-0.3, -0.25) is 4.79 Å². The Labute approximate surface area is 68.4 Å². The lowest BCUT2D eigenvalue weighted by Gasteiger charge is -2.26. The van der Waals surface area contributed by atoms with E-state index in [0.29, 0.717) is 12.6 Å². The SMILES string of the molecule is CC1CCC(NC[C]=O)CC1. The minimum atomic E-state index is 0.402. The summed E-state index contributed by atoms with van der Waals surface area (Å²) in [5.74, 6) is 0.883. The van der Waals surface area contributed by atoms with E-state index in [-0.39, 0.29) is 0 Å². The van der Waals surface area contributed by atoms with Crippen molar-refractivity contribution in [3.8, 4) is 0 Å². The molecule has 0 heterocycles. The average molecular weight is 154 g/mol. The molecular weight excluding hydrogens is 138 g/mol. The Morgan fingerprint density at radius 3 is 2.55 bits per heavy atom. The molecule has 2 heteroatoms. The Balaban J connectivity index is 2.12. The van der Waals surface area contributed by atoms with Crippen LogP contribution in [-0.4, -0.2) is 18.9 Å². The van der Waals surface area contributed by atoms with E-state index in [2.05, 4.69) is 12.2 Å². The van der Waals surface area contributed by atoms with Gasteiger partial charge in [0.1, 0.15) is 0 Å². The third-order valence-corrected chi connectivity index (χ3v) is 2.48. The zero-order valence-corrected chi connectivity index (χ0v) is 7.10. The van der Waals surface area contributed by atoms with Crippen LogP contribution in [0.5, 0.6) is 0 Å². The van der Waals surface area contributed by atoms with Crippen LogP contribution in [0, 0.1) is 5.92 Å². The molecule has 11 heavy (non-hydrogen) atoms. The molecule has 0 bridgehead atoms. The summed E-state index contributed by atoms with van der Waals surface area (Å²) < 4.78 is 0. The summed E-state index contributed by atoms with van der Waals surface area (Å²) in [5.41, 5.74) is 0. The van der Waals surface area contributed by atoms with Gasteiger partial charge in [0.15, 0.2) is 0 Å². The van der Waals surface area contributed by atoms with Gasteiger partial charge in [-0.25, -0.2) is 0 Å². The standard InChI is InChI=1S/C9H16NO/c1-8-2-4-9(5-3-8)10-6-7-11/h8-10H,2-6H2,1H3. The maximum Gasteiger partial charge on any atom is 0.213 e. The molecule has 2 nitrogen and oxygen atoms in total. The summed E-state index contributed by atoms with van der Waals surface area (Å²) in [6.45, 7) is 2.70. The van der Waals surface area contributed by atoms with Crippen LogP contribution in [0.1, 0.15) is 32.6 Å². The van der Waals surface area contributed by atoms with Crippen LogP contribution in [0.15, 0.2) is 0 Å². The van der Waals surface area contributed by atoms with Gasteiger partial charge in [0.2, 0.25) is 6.29 Å². The van der Waals surface area contributed by atoms with E-state index in [1.807, 2.05) is 6.29 Å². The van der Waals surface area contributed by atoms with Gasteiger partial charge in [-0.05, 0) is 31.6 Å². The molecule has 0 amide bonds. The molecule has 0 aromatic rings. The monoisotopic (exact) mass is 154 g/mol. The van der Waals surface area contributed by atoms with E-state index in [1.54, 1.807) is 0 Å². The van der Waals surface area contributed by atoms with Crippen LogP contribution in [-0.2, 0) is 4.79 Å². The van der Waals surface area contributed by atoms with Crippen molar-refractivity contribution >= 4 is 6.29 Å². The van der Waals surface area contributed by atoms with Gasteiger partial charge in [-0.1, -0.05) is 6.92 Å². The molecule has 63 valence electrons. The fourth-order valence-corrected chi connectivity index (χ4v) is 1.65. The molecule has 0 aromatic carbocycles. The maximum atomic E-state index is 9.92. The Hall–Kier alpha value is -0.370. The summed E-state index contributed by atoms with van der Waals surface area (Å²) in [5, 5.41) is 3.17. The Bertz CT molecular complexity index is 117. The first kappa shape index (κ1) is 8.72. The Kier molecular flexibility index (Phi) is 3.57. The van der Waals surface area contributed by atoms with Crippen molar-refractivity contribution in [2.75, 3.05) is 6.54 Å². The predicted molar refractivity (Wildman–Crippen MR) is 45.1 cm³/mol. The zero-order valence-electron chi connectivity index (χ0n) is 7.10. The molecule has 0 aromatic heterocycles. The van der Waals surface area contributed by atoms with Crippen molar-refractivity contribution in [1.82, 2.24) is 5.32 Å². The maximum absolute atomic E-state index is 9.92. The lowest BCUT2D eigenvalue weighted by atomic mass is 9.87. The molecule has 0 atom stereocenters. The zero-order chi connectivity index (χ0) is 8.10. The molecule has 0 aliphatic heterocycles. The van der Waals surface area contributed by atoms with Crippen LogP contribution < -0.4 is 5.32 Å². The molecule has 1 saturated carbocycles. The fraction of sp³-hybridized carbons (Fsp3) is 0.889. The first-order valence-corrected chi connectivity index (χ1v) is 4.41. The number of hydrogen-bond acceptors (Lipinski definition) is 2. The summed E-state index contributed by atoms with van der Waals surface area (Å²) in [4.78, 5) is 9.92. The summed E-state index contributed by atoms with van der Waals surface area (Å²) >= 11 is 0. The van der Waals surface area contributed by atoms with Crippen molar-refractivity contribution in [2.45, 2.75) is 38.6 Å². The van der Waals surface area contributed by atoms with Gasteiger partial charge in [0.25, 0.3) is 0 Å². The van der Waals surface area contributed by atoms with Crippen LogP contribution in [0.4, 0.5) is 0 Å². The average Bonchev–Trinajstić information content (AvgIpc) is 2.04. The molecule has 1 rings (SSSR count). The second kappa shape index (κ2) is 4.50. The summed E-state index contributed by atoms with van der Waals surface area (Å²) in [7, 11) is 0. The van der Waals surface area contributed by atoms with E-state index in [0.717, 1.165) is 5.92 Å². The normalized spacial score (nSPS) is 31.7. The van der Waals surface area contributed by atoms with Crippen molar-refractivity contribution < 1.29 is 4.79 Å². The molecule has 1 fully saturated rings. The van der Waals surface area contributed by atoms with Gasteiger partial charge < -0.3 is 5.32 Å². The lowest BCUT2D eigenvalue weighted by Crippen LogP contribution is -2.33. The minimum Gasteiger partial charge on any atom is -0.307 e. The van der Waals surface area contributed by atoms with Gasteiger partial charge in [-0.2, -0.15) is 0 Å². The first-order valence-electron chi connectivity index (χ1n) is 4.41. The highest BCUT2D eigenvalue weighted by Gasteiger charge is 2.16. The molecule has 0 spiro atoms. The minimum absolute atomic E-state index is 0.402. The molecule has 0 saturated heterocycles. The highest BCUT2D eigenvalue weighted by molar-refractivity contribution is 5.52. The molecule has 1 aliphatic rings. The quantitative estimate of drug-likeness (QED) is 0.663. The largest absolute Gasteiger partial charge is 0.307 e. The van der Waals surface area contributed by atoms with E-state index in [4.69, 9.17) is 0 Å². The molecular formula is C9H16NO. The van der Waals surface area contributed by atoms with Crippen molar-refractivity contribution in [1.29, 1.82) is 0 Å². The highest BCUT2D eigenvalue weighted by Crippen LogP contribution is 2.22. The van der Waals surface area contributed by atoms with Crippen LogP contribution in [0.3, 0.4) is 0 Å². The van der Waals surface area contributed by atoms with Crippen LogP contribution in [0.2, 0.25) is 0 Å². The van der Waals surface area contributed by atoms with Crippen molar-refractivity contribution in [2.24, 2.45) is 5.92 Å². The van der Waals surface area contributed by atoms with E-state index in [9.17, 15) is 4.79 Å². The predicted octanol–water partition coefficient (Wildman–Crippen LogP) is 1.26.